The van der Waals surface area contributed by atoms with Crippen molar-refractivity contribution in [2.45, 2.75) is 20.1 Å². The number of methoxy groups -OCH3 is 1. The van der Waals surface area contributed by atoms with Crippen molar-refractivity contribution in [3.8, 4) is 5.75 Å². The first kappa shape index (κ1) is 13.1. The lowest BCUT2D eigenvalue weighted by Gasteiger charge is -2.04. The fraction of sp³-hybridized carbons (Fsp3) is 0.286. The normalized spacial score (nSPS) is 10.2. The Morgan fingerprint density at radius 2 is 2.05 bits per heavy atom. The van der Waals surface area contributed by atoms with Gasteiger partial charge in [-0.1, -0.05) is 12.1 Å². The molecule has 0 saturated heterocycles. The highest BCUT2D eigenvalue weighted by Crippen LogP contribution is 2.12. The predicted molar refractivity (Wildman–Crippen MR) is 70.0 cm³/mol. The molecule has 0 atom stereocenters. The van der Waals surface area contributed by atoms with E-state index >= 15 is 0 Å². The van der Waals surface area contributed by atoms with Gasteiger partial charge in [0.1, 0.15) is 6.61 Å². The van der Waals surface area contributed by atoms with Crippen LogP contribution in [0.5, 0.6) is 5.75 Å². The number of benzene rings is 1. The molecular weight excluding hydrogens is 244 g/mol. The molecule has 0 fully saturated rings. The average Bonchev–Trinajstić information content (AvgIpc) is 2.93. The average molecular weight is 260 g/mol. The van der Waals surface area contributed by atoms with Crippen molar-refractivity contribution in [1.82, 2.24) is 9.78 Å². The molecule has 0 aliphatic rings. The van der Waals surface area contributed by atoms with Crippen LogP contribution >= 0.6 is 0 Å². The van der Waals surface area contributed by atoms with Crippen LogP contribution in [0, 0.1) is 0 Å². The number of hydrogen-bond donors (Lipinski definition) is 0. The van der Waals surface area contributed by atoms with E-state index in [1.165, 1.54) is 7.11 Å². The SMILES string of the molecule is CCn1cc(OCc2ccc(C(=O)OC)cc2)cn1. The fourth-order valence-electron chi connectivity index (χ4n) is 1.61. The Morgan fingerprint density at radius 1 is 1.32 bits per heavy atom. The molecule has 0 spiro atoms. The first-order chi connectivity index (χ1) is 9.22. The van der Waals surface area contributed by atoms with E-state index in [9.17, 15) is 4.79 Å². The summed E-state index contributed by atoms with van der Waals surface area (Å²) in [5, 5.41) is 4.13. The molecule has 0 N–H and O–H groups in total. The Morgan fingerprint density at radius 3 is 2.63 bits per heavy atom. The van der Waals surface area contributed by atoms with Crippen LogP contribution in [0.2, 0.25) is 0 Å². The van der Waals surface area contributed by atoms with Crippen LogP contribution in [0.1, 0.15) is 22.8 Å². The zero-order valence-electron chi connectivity index (χ0n) is 11.0. The van der Waals surface area contributed by atoms with E-state index in [1.54, 1.807) is 23.0 Å². The van der Waals surface area contributed by atoms with Crippen LogP contribution in [-0.4, -0.2) is 22.9 Å². The Hall–Kier alpha value is -2.30. The summed E-state index contributed by atoms with van der Waals surface area (Å²) in [7, 11) is 1.37. The van der Waals surface area contributed by atoms with Crippen molar-refractivity contribution in [3.05, 3.63) is 47.8 Å². The summed E-state index contributed by atoms with van der Waals surface area (Å²) in [4.78, 5) is 11.3. The lowest BCUT2D eigenvalue weighted by Crippen LogP contribution is -2.01. The van der Waals surface area contributed by atoms with E-state index in [1.807, 2.05) is 25.3 Å². The highest BCUT2D eigenvalue weighted by molar-refractivity contribution is 5.89. The summed E-state index contributed by atoms with van der Waals surface area (Å²) in [6, 6.07) is 7.13. The third-order valence-corrected chi connectivity index (χ3v) is 2.71. The number of carbonyl (C=O) groups is 1. The molecule has 0 aliphatic heterocycles. The Bertz CT molecular complexity index is 546. The maximum absolute atomic E-state index is 11.3. The van der Waals surface area contributed by atoms with Crippen molar-refractivity contribution < 1.29 is 14.3 Å². The molecule has 0 aliphatic carbocycles. The van der Waals surface area contributed by atoms with E-state index in [-0.39, 0.29) is 5.97 Å². The van der Waals surface area contributed by atoms with Crippen LogP contribution in [0.4, 0.5) is 0 Å². The Balaban J connectivity index is 1.94. The standard InChI is InChI=1S/C14H16N2O3/c1-3-16-9-13(8-15-16)19-10-11-4-6-12(7-5-11)14(17)18-2/h4-9H,3,10H2,1-2H3. The number of carbonyl (C=O) groups excluding carboxylic acids is 1. The van der Waals surface area contributed by atoms with Crippen molar-refractivity contribution >= 4 is 5.97 Å². The first-order valence-corrected chi connectivity index (χ1v) is 6.05. The van der Waals surface area contributed by atoms with E-state index in [2.05, 4.69) is 9.84 Å². The van der Waals surface area contributed by atoms with Gasteiger partial charge < -0.3 is 9.47 Å². The molecule has 0 bridgehead atoms. The maximum Gasteiger partial charge on any atom is 0.337 e. The number of aryl methyl sites for hydroxylation is 1. The lowest BCUT2D eigenvalue weighted by atomic mass is 10.1. The minimum Gasteiger partial charge on any atom is -0.486 e. The van der Waals surface area contributed by atoms with Crippen molar-refractivity contribution in [1.29, 1.82) is 0 Å². The molecule has 19 heavy (non-hydrogen) atoms. The van der Waals surface area contributed by atoms with Gasteiger partial charge in [-0.2, -0.15) is 5.10 Å². The van der Waals surface area contributed by atoms with Crippen molar-refractivity contribution in [2.24, 2.45) is 0 Å². The Labute approximate surface area is 111 Å². The van der Waals surface area contributed by atoms with Gasteiger partial charge in [-0.3, -0.25) is 4.68 Å². The monoisotopic (exact) mass is 260 g/mol. The number of hydrogen-bond acceptors (Lipinski definition) is 4. The Kier molecular flexibility index (Phi) is 4.18. The highest BCUT2D eigenvalue weighted by atomic mass is 16.5. The topological polar surface area (TPSA) is 53.4 Å². The number of ether oxygens (including phenoxy) is 2. The molecule has 5 heteroatoms. The minimum atomic E-state index is -0.336. The fourth-order valence-corrected chi connectivity index (χ4v) is 1.61. The number of nitrogens with zero attached hydrogens (tertiary/aromatic N) is 2. The van der Waals surface area contributed by atoms with Crippen LogP contribution in [0.3, 0.4) is 0 Å². The molecule has 1 aromatic heterocycles. The minimum absolute atomic E-state index is 0.336. The third kappa shape index (κ3) is 3.34. The second-order valence-electron chi connectivity index (χ2n) is 4.01. The third-order valence-electron chi connectivity index (χ3n) is 2.71. The number of esters is 1. The number of rotatable bonds is 5. The van der Waals surface area contributed by atoms with Crippen LogP contribution in [-0.2, 0) is 17.9 Å². The van der Waals surface area contributed by atoms with E-state index < -0.39 is 0 Å². The lowest BCUT2D eigenvalue weighted by molar-refractivity contribution is 0.0600. The van der Waals surface area contributed by atoms with Gasteiger partial charge in [0.2, 0.25) is 0 Å². The summed E-state index contributed by atoms with van der Waals surface area (Å²) >= 11 is 0. The van der Waals surface area contributed by atoms with Crippen LogP contribution in [0.15, 0.2) is 36.7 Å². The van der Waals surface area contributed by atoms with Gasteiger partial charge in [0.25, 0.3) is 0 Å². The van der Waals surface area contributed by atoms with Gasteiger partial charge in [-0.15, -0.1) is 0 Å². The maximum atomic E-state index is 11.3. The largest absolute Gasteiger partial charge is 0.486 e. The van der Waals surface area contributed by atoms with Crippen molar-refractivity contribution in [2.75, 3.05) is 7.11 Å². The van der Waals surface area contributed by atoms with Gasteiger partial charge in [0.05, 0.1) is 25.1 Å². The molecule has 2 aromatic rings. The molecule has 0 amide bonds. The summed E-state index contributed by atoms with van der Waals surface area (Å²) in [5.74, 6) is 0.399. The molecule has 1 aromatic carbocycles. The summed E-state index contributed by atoms with van der Waals surface area (Å²) in [6.45, 7) is 3.27. The summed E-state index contributed by atoms with van der Waals surface area (Å²) < 4.78 is 12.0. The molecule has 1 heterocycles. The zero-order chi connectivity index (χ0) is 13.7. The van der Waals surface area contributed by atoms with E-state index in [0.717, 1.165) is 17.9 Å². The zero-order valence-corrected chi connectivity index (χ0v) is 11.0. The smallest absolute Gasteiger partial charge is 0.337 e. The summed E-state index contributed by atoms with van der Waals surface area (Å²) in [5.41, 5.74) is 1.52. The molecule has 0 radical (unpaired) electrons. The molecular formula is C14H16N2O3. The molecule has 2 rings (SSSR count). The quantitative estimate of drug-likeness (QED) is 0.774. The van der Waals surface area contributed by atoms with Gasteiger partial charge in [0.15, 0.2) is 5.75 Å². The van der Waals surface area contributed by atoms with E-state index in [0.29, 0.717) is 12.2 Å². The second kappa shape index (κ2) is 6.04. The summed E-state index contributed by atoms with van der Waals surface area (Å²) in [6.07, 6.45) is 3.54. The molecule has 0 unspecified atom stereocenters. The number of aromatic nitrogens is 2. The molecule has 100 valence electrons. The van der Waals surface area contributed by atoms with Gasteiger partial charge in [-0.25, -0.2) is 4.79 Å². The van der Waals surface area contributed by atoms with Crippen LogP contribution in [0.25, 0.3) is 0 Å². The predicted octanol–water partition coefficient (Wildman–Crippen LogP) is 2.27. The molecule has 5 nitrogen and oxygen atoms in total. The van der Waals surface area contributed by atoms with Crippen LogP contribution < -0.4 is 4.74 Å². The first-order valence-electron chi connectivity index (χ1n) is 6.05. The second-order valence-corrected chi connectivity index (χ2v) is 4.01. The van der Waals surface area contributed by atoms with Gasteiger partial charge in [-0.05, 0) is 24.6 Å². The van der Waals surface area contributed by atoms with Crippen molar-refractivity contribution in [3.63, 3.8) is 0 Å². The van der Waals surface area contributed by atoms with Gasteiger partial charge >= 0.3 is 5.97 Å². The molecule has 0 saturated carbocycles. The highest BCUT2D eigenvalue weighted by Gasteiger charge is 2.05. The van der Waals surface area contributed by atoms with Gasteiger partial charge in [0, 0.05) is 6.54 Å². The van der Waals surface area contributed by atoms with E-state index in [4.69, 9.17) is 4.74 Å².